The summed E-state index contributed by atoms with van der Waals surface area (Å²) in [5.74, 6) is -2.19. The highest BCUT2D eigenvalue weighted by Crippen LogP contribution is 2.26. The van der Waals surface area contributed by atoms with Crippen molar-refractivity contribution < 1.29 is 23.1 Å². The molecule has 0 spiro atoms. The molecule has 0 bridgehead atoms. The number of hydrogen-bond acceptors (Lipinski definition) is 4. The molecule has 2 heterocycles. The van der Waals surface area contributed by atoms with Gasteiger partial charge in [-0.25, -0.2) is 8.78 Å². The number of hydrogen-bond donors (Lipinski definition) is 0. The van der Waals surface area contributed by atoms with E-state index >= 15 is 0 Å². The van der Waals surface area contributed by atoms with Crippen LogP contribution in [0.15, 0.2) is 42.5 Å². The summed E-state index contributed by atoms with van der Waals surface area (Å²) in [5, 5.41) is 0. The molecule has 2 aliphatic heterocycles. The predicted octanol–water partition coefficient (Wildman–Crippen LogP) is 3.31. The highest BCUT2D eigenvalue weighted by atomic mass is 19.1. The molecule has 0 unspecified atom stereocenters. The van der Waals surface area contributed by atoms with Gasteiger partial charge in [0.25, 0.3) is 5.91 Å². The fourth-order valence-corrected chi connectivity index (χ4v) is 4.57. The fraction of sp³-hybridized carbons (Fsp3) is 0.440. The van der Waals surface area contributed by atoms with Crippen molar-refractivity contribution in [1.82, 2.24) is 9.80 Å². The van der Waals surface area contributed by atoms with Crippen LogP contribution in [-0.2, 0) is 16.1 Å². The van der Waals surface area contributed by atoms with Crippen LogP contribution >= 0.6 is 0 Å². The van der Waals surface area contributed by atoms with Gasteiger partial charge in [-0.2, -0.15) is 0 Å². The Labute approximate surface area is 192 Å². The van der Waals surface area contributed by atoms with Gasteiger partial charge in [0.15, 0.2) is 0 Å². The first-order valence-corrected chi connectivity index (χ1v) is 11.3. The number of benzene rings is 2. The number of para-hydroxylation sites is 1. The summed E-state index contributed by atoms with van der Waals surface area (Å²) < 4.78 is 32.6. The van der Waals surface area contributed by atoms with Crippen molar-refractivity contribution in [2.24, 2.45) is 5.92 Å². The van der Waals surface area contributed by atoms with E-state index in [0.717, 1.165) is 30.4 Å². The number of morpholine rings is 1. The summed E-state index contributed by atoms with van der Waals surface area (Å²) in [4.78, 5) is 31.3. The number of amides is 2. The van der Waals surface area contributed by atoms with Gasteiger partial charge in [-0.15, -0.1) is 0 Å². The maximum Gasteiger partial charge on any atom is 0.256 e. The van der Waals surface area contributed by atoms with Crippen LogP contribution < -0.4 is 4.90 Å². The molecule has 2 saturated heterocycles. The second-order valence-corrected chi connectivity index (χ2v) is 8.61. The SMILES string of the molecule is CN(Cc1ccccc1N1CCOCC1)C(=O)C1CCN(C(=O)c2ccc(F)cc2F)CC1. The molecule has 2 aromatic carbocycles. The largest absolute Gasteiger partial charge is 0.378 e. The summed E-state index contributed by atoms with van der Waals surface area (Å²) >= 11 is 0. The Morgan fingerprint density at radius 2 is 1.73 bits per heavy atom. The monoisotopic (exact) mass is 457 g/mol. The van der Waals surface area contributed by atoms with E-state index in [9.17, 15) is 18.4 Å². The number of carbonyl (C=O) groups excluding carboxylic acids is 2. The van der Waals surface area contributed by atoms with Crippen molar-refractivity contribution in [2.75, 3.05) is 51.3 Å². The lowest BCUT2D eigenvalue weighted by Crippen LogP contribution is -2.43. The van der Waals surface area contributed by atoms with Gasteiger partial charge in [0, 0.05) is 57.4 Å². The van der Waals surface area contributed by atoms with Crippen LogP contribution in [0.3, 0.4) is 0 Å². The van der Waals surface area contributed by atoms with Crippen molar-refractivity contribution in [1.29, 1.82) is 0 Å². The zero-order chi connectivity index (χ0) is 23.4. The third-order valence-electron chi connectivity index (χ3n) is 6.42. The first-order chi connectivity index (χ1) is 15.9. The lowest BCUT2D eigenvalue weighted by atomic mass is 9.94. The van der Waals surface area contributed by atoms with Crippen molar-refractivity contribution in [3.05, 3.63) is 65.2 Å². The summed E-state index contributed by atoms with van der Waals surface area (Å²) in [5.41, 5.74) is 2.08. The second-order valence-electron chi connectivity index (χ2n) is 8.61. The highest BCUT2D eigenvalue weighted by molar-refractivity contribution is 5.94. The van der Waals surface area contributed by atoms with Crippen LogP contribution in [0.5, 0.6) is 0 Å². The standard InChI is InChI=1S/C25H29F2N3O3/c1-28(17-19-4-2-3-5-23(19)29-12-14-33-15-13-29)24(31)18-8-10-30(11-9-18)25(32)21-7-6-20(26)16-22(21)27/h2-7,16,18H,8-15,17H2,1H3. The van der Waals surface area contributed by atoms with Gasteiger partial charge in [0.1, 0.15) is 11.6 Å². The molecule has 2 aromatic rings. The van der Waals surface area contributed by atoms with Crippen molar-refractivity contribution in [3.63, 3.8) is 0 Å². The van der Waals surface area contributed by atoms with E-state index in [4.69, 9.17) is 4.74 Å². The first kappa shape index (κ1) is 23.2. The molecule has 0 saturated carbocycles. The highest BCUT2D eigenvalue weighted by Gasteiger charge is 2.30. The second kappa shape index (κ2) is 10.3. The molecule has 0 N–H and O–H groups in total. The van der Waals surface area contributed by atoms with E-state index in [2.05, 4.69) is 11.0 Å². The minimum Gasteiger partial charge on any atom is -0.378 e. The molecule has 0 aliphatic carbocycles. The normalized spacial score (nSPS) is 17.2. The number of likely N-dealkylation sites (tertiary alicyclic amines) is 1. The van der Waals surface area contributed by atoms with E-state index < -0.39 is 17.5 Å². The first-order valence-electron chi connectivity index (χ1n) is 11.3. The average Bonchev–Trinajstić information content (AvgIpc) is 2.84. The quantitative estimate of drug-likeness (QED) is 0.692. The Balaban J connectivity index is 1.35. The van der Waals surface area contributed by atoms with Gasteiger partial charge in [-0.05, 0) is 36.6 Å². The molecular weight excluding hydrogens is 428 g/mol. The van der Waals surface area contributed by atoms with Gasteiger partial charge < -0.3 is 19.4 Å². The Hall–Kier alpha value is -3.00. The predicted molar refractivity (Wildman–Crippen MR) is 121 cm³/mol. The van der Waals surface area contributed by atoms with Gasteiger partial charge in [-0.3, -0.25) is 9.59 Å². The third-order valence-corrected chi connectivity index (χ3v) is 6.42. The van der Waals surface area contributed by atoms with Crippen LogP contribution in [0.4, 0.5) is 14.5 Å². The number of rotatable bonds is 5. The molecule has 2 fully saturated rings. The van der Waals surface area contributed by atoms with Crippen LogP contribution in [0.1, 0.15) is 28.8 Å². The van der Waals surface area contributed by atoms with Gasteiger partial charge in [-0.1, -0.05) is 18.2 Å². The molecule has 0 aromatic heterocycles. The van der Waals surface area contributed by atoms with Crippen molar-refractivity contribution in [2.45, 2.75) is 19.4 Å². The lowest BCUT2D eigenvalue weighted by Gasteiger charge is -2.34. The lowest BCUT2D eigenvalue weighted by molar-refractivity contribution is -0.136. The molecule has 4 rings (SSSR count). The Morgan fingerprint density at radius 3 is 2.42 bits per heavy atom. The Morgan fingerprint density at radius 1 is 1.03 bits per heavy atom. The van der Waals surface area contributed by atoms with E-state index in [0.29, 0.717) is 51.8 Å². The van der Waals surface area contributed by atoms with Crippen LogP contribution in [0, 0.1) is 17.6 Å². The Bertz CT molecular complexity index is 1000. The maximum absolute atomic E-state index is 14.0. The zero-order valence-electron chi connectivity index (χ0n) is 18.8. The summed E-state index contributed by atoms with van der Waals surface area (Å²) in [7, 11) is 1.81. The van der Waals surface area contributed by atoms with Gasteiger partial charge >= 0.3 is 0 Å². The molecule has 2 aliphatic rings. The van der Waals surface area contributed by atoms with Crippen LogP contribution in [0.2, 0.25) is 0 Å². The zero-order valence-corrected chi connectivity index (χ0v) is 18.8. The van der Waals surface area contributed by atoms with Crippen molar-refractivity contribution >= 4 is 17.5 Å². The average molecular weight is 458 g/mol. The maximum atomic E-state index is 14.0. The number of piperidine rings is 1. The minimum absolute atomic E-state index is 0.0480. The number of anilines is 1. The van der Waals surface area contributed by atoms with E-state index in [1.54, 1.807) is 4.90 Å². The Kier molecular flexibility index (Phi) is 7.23. The van der Waals surface area contributed by atoms with Crippen LogP contribution in [-0.4, -0.2) is 68.1 Å². The molecule has 33 heavy (non-hydrogen) atoms. The number of ether oxygens (including phenoxy) is 1. The van der Waals surface area contributed by atoms with Gasteiger partial charge in [0.05, 0.1) is 18.8 Å². The summed E-state index contributed by atoms with van der Waals surface area (Å²) in [6.07, 6.45) is 1.03. The van der Waals surface area contributed by atoms with Gasteiger partial charge in [0.2, 0.25) is 5.91 Å². The van der Waals surface area contributed by atoms with E-state index in [1.807, 2.05) is 25.2 Å². The minimum atomic E-state index is -0.864. The smallest absolute Gasteiger partial charge is 0.256 e. The molecule has 176 valence electrons. The molecule has 8 heteroatoms. The topological polar surface area (TPSA) is 53.1 Å². The summed E-state index contributed by atoms with van der Waals surface area (Å²) in [6, 6.07) is 11.1. The number of carbonyl (C=O) groups is 2. The fourth-order valence-electron chi connectivity index (χ4n) is 4.57. The molecular formula is C25H29F2N3O3. The van der Waals surface area contributed by atoms with E-state index in [1.165, 1.54) is 11.0 Å². The van der Waals surface area contributed by atoms with Crippen LogP contribution in [0.25, 0.3) is 0 Å². The number of halogens is 2. The third kappa shape index (κ3) is 5.33. The molecule has 2 amide bonds. The number of nitrogens with zero attached hydrogens (tertiary/aromatic N) is 3. The molecule has 6 nitrogen and oxygen atoms in total. The molecule has 0 radical (unpaired) electrons. The van der Waals surface area contributed by atoms with E-state index in [-0.39, 0.29) is 17.4 Å². The summed E-state index contributed by atoms with van der Waals surface area (Å²) in [6.45, 7) is 4.29. The molecule has 0 atom stereocenters. The van der Waals surface area contributed by atoms with Crippen molar-refractivity contribution in [3.8, 4) is 0 Å².